The highest BCUT2D eigenvalue weighted by molar-refractivity contribution is 6.31. The smallest absolute Gasteiger partial charge is 0.321 e. The van der Waals surface area contributed by atoms with Gasteiger partial charge in [-0.25, -0.2) is 13.6 Å². The lowest BCUT2D eigenvalue weighted by Crippen LogP contribution is -2.34. The van der Waals surface area contributed by atoms with Crippen LogP contribution in [0.15, 0.2) is 47.4 Å². The third kappa shape index (κ3) is 3.96. The maximum Gasteiger partial charge on any atom is 0.322 e. The molecule has 8 heteroatoms. The van der Waals surface area contributed by atoms with Gasteiger partial charge in [0.15, 0.2) is 0 Å². The van der Waals surface area contributed by atoms with Crippen LogP contribution in [0, 0.1) is 11.6 Å². The van der Waals surface area contributed by atoms with Crippen molar-refractivity contribution < 1.29 is 13.6 Å². The molecular formula is C21H20ClF2N3O2. The number of halogens is 3. The van der Waals surface area contributed by atoms with Gasteiger partial charge >= 0.3 is 6.03 Å². The molecule has 2 amide bonds. The predicted octanol–water partition coefficient (Wildman–Crippen LogP) is 5.18. The molecule has 2 aromatic carbocycles. The van der Waals surface area contributed by atoms with E-state index in [4.69, 9.17) is 11.6 Å². The summed E-state index contributed by atoms with van der Waals surface area (Å²) in [6.07, 6.45) is 1.65. The Morgan fingerprint density at radius 1 is 1.24 bits per heavy atom. The van der Waals surface area contributed by atoms with Crippen molar-refractivity contribution in [3.8, 4) is 0 Å². The summed E-state index contributed by atoms with van der Waals surface area (Å²) in [4.78, 5) is 26.6. The zero-order valence-corrected chi connectivity index (χ0v) is 16.9. The number of rotatable bonds is 4. The molecule has 5 nitrogen and oxygen atoms in total. The van der Waals surface area contributed by atoms with E-state index < -0.39 is 29.3 Å². The quantitative estimate of drug-likeness (QED) is 0.633. The molecule has 29 heavy (non-hydrogen) atoms. The van der Waals surface area contributed by atoms with Gasteiger partial charge < -0.3 is 14.8 Å². The average molecular weight is 420 g/mol. The van der Waals surface area contributed by atoms with Gasteiger partial charge in [0, 0.05) is 25.5 Å². The van der Waals surface area contributed by atoms with Gasteiger partial charge in [-0.3, -0.25) is 4.79 Å². The standard InChI is InChI=1S/C21H20ClF2N3O2/c1-4-27-11-15(14-6-5-7-18(24)19(14)20(27)28)12(2)26(3)21(29)25-13-8-9-17(23)16(22)10-13/h5-12H,4H2,1-3H3,(H,25,29). The van der Waals surface area contributed by atoms with Gasteiger partial charge in [-0.05, 0) is 49.1 Å². The van der Waals surface area contributed by atoms with E-state index in [1.54, 1.807) is 33.2 Å². The molecule has 1 N–H and O–H groups in total. The van der Waals surface area contributed by atoms with Crippen molar-refractivity contribution in [2.45, 2.75) is 26.4 Å². The number of nitrogens with zero attached hydrogens (tertiary/aromatic N) is 2. The fourth-order valence-corrected chi connectivity index (χ4v) is 3.34. The monoisotopic (exact) mass is 419 g/mol. The first-order chi connectivity index (χ1) is 13.7. The normalized spacial score (nSPS) is 12.1. The van der Waals surface area contributed by atoms with Crippen LogP contribution in [-0.2, 0) is 6.54 Å². The van der Waals surface area contributed by atoms with Gasteiger partial charge in [0.25, 0.3) is 5.56 Å². The van der Waals surface area contributed by atoms with Crippen molar-refractivity contribution in [1.82, 2.24) is 9.47 Å². The molecule has 1 aromatic heterocycles. The SMILES string of the molecule is CCn1cc(C(C)N(C)C(=O)Nc2ccc(F)c(Cl)c2)c2cccc(F)c2c1=O. The number of anilines is 1. The van der Waals surface area contributed by atoms with Crippen LogP contribution in [0.4, 0.5) is 19.3 Å². The Morgan fingerprint density at radius 3 is 2.62 bits per heavy atom. The summed E-state index contributed by atoms with van der Waals surface area (Å²) in [6, 6.07) is 7.38. The van der Waals surface area contributed by atoms with E-state index in [1.807, 2.05) is 0 Å². The predicted molar refractivity (Wildman–Crippen MR) is 110 cm³/mol. The van der Waals surface area contributed by atoms with Gasteiger partial charge in [0.1, 0.15) is 11.6 Å². The molecule has 1 unspecified atom stereocenters. The molecule has 0 bridgehead atoms. The number of aryl methyl sites for hydroxylation is 1. The Kier molecular flexibility index (Phi) is 5.88. The van der Waals surface area contributed by atoms with E-state index >= 15 is 0 Å². The third-order valence-electron chi connectivity index (χ3n) is 4.96. The molecule has 0 saturated heterocycles. The van der Waals surface area contributed by atoms with Gasteiger partial charge in [-0.1, -0.05) is 23.7 Å². The van der Waals surface area contributed by atoms with Crippen LogP contribution in [0.3, 0.4) is 0 Å². The average Bonchev–Trinajstić information content (AvgIpc) is 2.70. The first-order valence-electron chi connectivity index (χ1n) is 9.05. The molecule has 3 aromatic rings. The minimum atomic E-state index is -0.600. The van der Waals surface area contributed by atoms with Crippen LogP contribution in [0.1, 0.15) is 25.5 Å². The minimum absolute atomic E-state index is 0.00201. The lowest BCUT2D eigenvalue weighted by molar-refractivity contribution is 0.208. The lowest BCUT2D eigenvalue weighted by Gasteiger charge is -2.27. The van der Waals surface area contributed by atoms with Crippen molar-refractivity contribution in [2.75, 3.05) is 12.4 Å². The number of benzene rings is 2. The molecular weight excluding hydrogens is 400 g/mol. The number of pyridine rings is 1. The summed E-state index contributed by atoms with van der Waals surface area (Å²) in [7, 11) is 1.58. The number of amides is 2. The van der Waals surface area contributed by atoms with Crippen molar-refractivity contribution in [2.24, 2.45) is 0 Å². The van der Waals surface area contributed by atoms with Gasteiger partial charge in [0.05, 0.1) is 16.5 Å². The molecule has 0 aliphatic heterocycles. The first-order valence-corrected chi connectivity index (χ1v) is 9.42. The van der Waals surface area contributed by atoms with Crippen LogP contribution < -0.4 is 10.9 Å². The molecule has 3 rings (SSSR count). The van der Waals surface area contributed by atoms with Crippen LogP contribution in [-0.4, -0.2) is 22.5 Å². The first kappa shape index (κ1) is 20.8. The van der Waals surface area contributed by atoms with E-state index in [9.17, 15) is 18.4 Å². The summed E-state index contributed by atoms with van der Waals surface area (Å²) >= 11 is 5.76. The summed E-state index contributed by atoms with van der Waals surface area (Å²) in [6.45, 7) is 3.94. The number of carbonyl (C=O) groups excluding carboxylic acids is 1. The van der Waals surface area contributed by atoms with Gasteiger partial charge in [0.2, 0.25) is 0 Å². The number of nitrogens with one attached hydrogen (secondary N) is 1. The fraction of sp³-hybridized carbons (Fsp3) is 0.238. The second kappa shape index (κ2) is 8.21. The Balaban J connectivity index is 1.97. The maximum absolute atomic E-state index is 14.4. The molecule has 1 heterocycles. The second-order valence-corrected chi connectivity index (χ2v) is 7.09. The Hall–Kier alpha value is -2.93. The Bertz CT molecular complexity index is 1150. The number of carbonyl (C=O) groups is 1. The van der Waals surface area contributed by atoms with Crippen LogP contribution in [0.25, 0.3) is 10.8 Å². The zero-order valence-electron chi connectivity index (χ0n) is 16.2. The molecule has 0 saturated carbocycles. The fourth-order valence-electron chi connectivity index (χ4n) is 3.16. The Morgan fingerprint density at radius 2 is 1.97 bits per heavy atom. The molecule has 0 aliphatic rings. The number of urea groups is 1. The molecule has 152 valence electrons. The van der Waals surface area contributed by atoms with Crippen molar-refractivity contribution in [3.05, 3.63) is 75.2 Å². The summed E-state index contributed by atoms with van der Waals surface area (Å²) < 4.78 is 29.1. The van der Waals surface area contributed by atoms with Gasteiger partial charge in [-0.2, -0.15) is 0 Å². The van der Waals surface area contributed by atoms with Crippen LogP contribution >= 0.6 is 11.6 Å². The van der Waals surface area contributed by atoms with E-state index in [-0.39, 0.29) is 10.4 Å². The third-order valence-corrected chi connectivity index (χ3v) is 5.25. The molecule has 0 radical (unpaired) electrons. The summed E-state index contributed by atoms with van der Waals surface area (Å²) in [5.74, 6) is -1.18. The molecule has 0 spiro atoms. The molecule has 0 aliphatic carbocycles. The van der Waals surface area contributed by atoms with Crippen molar-refractivity contribution in [1.29, 1.82) is 0 Å². The maximum atomic E-state index is 14.4. The summed E-state index contributed by atoms with van der Waals surface area (Å²) in [5, 5.41) is 3.00. The van der Waals surface area contributed by atoms with E-state index in [0.717, 1.165) is 6.07 Å². The van der Waals surface area contributed by atoms with Gasteiger partial charge in [-0.15, -0.1) is 0 Å². The molecule has 1 atom stereocenters. The van der Waals surface area contributed by atoms with Crippen LogP contribution in [0.2, 0.25) is 5.02 Å². The minimum Gasteiger partial charge on any atom is -0.321 e. The number of aromatic nitrogens is 1. The lowest BCUT2D eigenvalue weighted by atomic mass is 10.0. The number of fused-ring (bicyclic) bond motifs is 1. The van der Waals surface area contributed by atoms with Crippen molar-refractivity contribution in [3.63, 3.8) is 0 Å². The number of hydrogen-bond acceptors (Lipinski definition) is 2. The molecule has 0 fully saturated rings. The second-order valence-electron chi connectivity index (χ2n) is 6.68. The highest BCUT2D eigenvalue weighted by atomic mass is 35.5. The highest BCUT2D eigenvalue weighted by Crippen LogP contribution is 2.28. The Labute approximate surface area is 171 Å². The van der Waals surface area contributed by atoms with E-state index in [0.29, 0.717) is 23.2 Å². The van der Waals surface area contributed by atoms with Crippen molar-refractivity contribution >= 4 is 34.1 Å². The topological polar surface area (TPSA) is 54.3 Å². The summed E-state index contributed by atoms with van der Waals surface area (Å²) in [5.41, 5.74) is 0.565. The zero-order chi connectivity index (χ0) is 21.3. The highest BCUT2D eigenvalue weighted by Gasteiger charge is 2.22. The van der Waals surface area contributed by atoms with Crippen LogP contribution in [0.5, 0.6) is 0 Å². The largest absolute Gasteiger partial charge is 0.322 e. The number of hydrogen-bond donors (Lipinski definition) is 1. The van der Waals surface area contributed by atoms with E-state index in [2.05, 4.69) is 5.32 Å². The van der Waals surface area contributed by atoms with E-state index in [1.165, 1.54) is 33.7 Å².